The van der Waals surface area contributed by atoms with Crippen molar-refractivity contribution >= 4 is 16.4 Å². The number of carbonyl (C=O) groups is 1. The first-order chi connectivity index (χ1) is 11.9. The third-order valence-electron chi connectivity index (χ3n) is 4.29. The monoisotopic (exact) mass is 375 g/mol. The quantitative estimate of drug-likeness (QED) is 0.401. The molecule has 2 bridgehead atoms. The molecule has 2 aliphatic heterocycles. The van der Waals surface area contributed by atoms with E-state index >= 15 is 0 Å². The van der Waals surface area contributed by atoms with Crippen LogP contribution in [0.2, 0.25) is 0 Å². The summed E-state index contributed by atoms with van der Waals surface area (Å²) in [6.45, 7) is 2.29. The molecule has 0 aliphatic carbocycles. The second kappa shape index (κ2) is 7.25. The Bertz CT molecular complexity index is 722. The molecule has 12 heteroatoms. The number of hydrogen-bond acceptors (Lipinski definition) is 8. The van der Waals surface area contributed by atoms with Crippen LogP contribution in [0.25, 0.3) is 0 Å². The molecular formula is C13H21N5O6S. The SMILES string of the molecule is NCCNCCc1cc(C2CCC3CN2C(=O)N3OS(=O)(=O)O)no1. The third-order valence-corrected chi connectivity index (χ3v) is 4.63. The molecule has 11 nitrogen and oxygen atoms in total. The van der Waals surface area contributed by atoms with Crippen molar-refractivity contribution in [3.63, 3.8) is 0 Å². The highest BCUT2D eigenvalue weighted by molar-refractivity contribution is 7.80. The van der Waals surface area contributed by atoms with E-state index in [4.69, 9.17) is 14.8 Å². The van der Waals surface area contributed by atoms with Crippen molar-refractivity contribution in [3.05, 3.63) is 17.5 Å². The van der Waals surface area contributed by atoms with E-state index in [0.29, 0.717) is 55.4 Å². The topological polar surface area (TPSA) is 151 Å². The van der Waals surface area contributed by atoms with Gasteiger partial charge in [-0.15, -0.1) is 4.28 Å². The van der Waals surface area contributed by atoms with Crippen molar-refractivity contribution in [1.29, 1.82) is 0 Å². The normalized spacial score (nSPS) is 23.5. The van der Waals surface area contributed by atoms with Crippen molar-refractivity contribution in [2.45, 2.75) is 31.3 Å². The highest BCUT2D eigenvalue weighted by atomic mass is 32.3. The van der Waals surface area contributed by atoms with Gasteiger partial charge in [-0.1, -0.05) is 5.16 Å². The summed E-state index contributed by atoms with van der Waals surface area (Å²) in [6.07, 6.45) is 1.77. The van der Waals surface area contributed by atoms with E-state index in [0.717, 1.165) is 6.54 Å². The first kappa shape index (κ1) is 18.1. The predicted octanol–water partition coefficient (Wildman–Crippen LogP) is -0.559. The number of nitrogens with zero attached hydrogens (tertiary/aromatic N) is 3. The lowest BCUT2D eigenvalue weighted by Crippen LogP contribution is -2.35. The summed E-state index contributed by atoms with van der Waals surface area (Å²) in [6, 6.07) is 0.458. The molecule has 2 amide bonds. The zero-order chi connectivity index (χ0) is 18.0. The number of urea groups is 1. The number of fused-ring (bicyclic) bond motifs is 2. The van der Waals surface area contributed by atoms with Crippen LogP contribution in [0.3, 0.4) is 0 Å². The van der Waals surface area contributed by atoms with Gasteiger partial charge in [-0.05, 0) is 12.8 Å². The smallest absolute Gasteiger partial charge is 0.361 e. The van der Waals surface area contributed by atoms with E-state index in [1.165, 1.54) is 4.90 Å². The first-order valence-electron chi connectivity index (χ1n) is 8.02. The second-order valence-electron chi connectivity index (χ2n) is 6.02. The molecule has 2 aliphatic rings. The van der Waals surface area contributed by atoms with Crippen LogP contribution in [0, 0.1) is 0 Å². The van der Waals surface area contributed by atoms with Gasteiger partial charge in [0, 0.05) is 38.7 Å². The fourth-order valence-electron chi connectivity index (χ4n) is 3.18. The predicted molar refractivity (Wildman–Crippen MR) is 84.5 cm³/mol. The van der Waals surface area contributed by atoms with Crippen LogP contribution in [0.1, 0.15) is 30.3 Å². The summed E-state index contributed by atoms with van der Waals surface area (Å²) in [7, 11) is -4.74. The molecule has 0 radical (unpaired) electrons. The van der Waals surface area contributed by atoms with Crippen LogP contribution in [0.15, 0.2) is 10.6 Å². The minimum absolute atomic E-state index is 0.305. The second-order valence-corrected chi connectivity index (χ2v) is 7.02. The molecule has 25 heavy (non-hydrogen) atoms. The average molecular weight is 375 g/mol. The number of rotatable bonds is 8. The Morgan fingerprint density at radius 2 is 2.24 bits per heavy atom. The molecule has 1 aromatic heterocycles. The van der Waals surface area contributed by atoms with Crippen molar-refractivity contribution in [2.24, 2.45) is 5.73 Å². The number of piperidine rings is 1. The van der Waals surface area contributed by atoms with Crippen LogP contribution in [0.5, 0.6) is 0 Å². The van der Waals surface area contributed by atoms with E-state index in [-0.39, 0.29) is 6.04 Å². The standard InChI is InChI=1S/C13H21N5O6S/c14-4-6-15-5-3-10-7-11(16-23-10)12-2-1-9-8-17(12)13(19)18(9)24-25(20,21)22/h7,9,12,15H,1-6,8,14H2,(H,20,21,22). The van der Waals surface area contributed by atoms with Crippen molar-refractivity contribution in [2.75, 3.05) is 26.2 Å². The van der Waals surface area contributed by atoms with Gasteiger partial charge in [-0.25, -0.2) is 4.79 Å². The van der Waals surface area contributed by atoms with Crippen molar-refractivity contribution in [3.8, 4) is 0 Å². The Labute approximate surface area is 145 Å². The molecule has 2 saturated heterocycles. The Morgan fingerprint density at radius 1 is 1.44 bits per heavy atom. The Kier molecular flexibility index (Phi) is 5.24. The molecule has 0 spiro atoms. The Hall–Kier alpha value is -1.73. The molecule has 2 atom stereocenters. The molecule has 4 N–H and O–H groups in total. The summed E-state index contributed by atoms with van der Waals surface area (Å²) < 4.78 is 40.3. The highest BCUT2D eigenvalue weighted by Gasteiger charge is 2.48. The van der Waals surface area contributed by atoms with Crippen LogP contribution in [-0.4, -0.2) is 66.3 Å². The lowest BCUT2D eigenvalue weighted by atomic mass is 9.98. The summed E-state index contributed by atoms with van der Waals surface area (Å²) in [4.78, 5) is 13.9. The van der Waals surface area contributed by atoms with E-state index in [1.54, 1.807) is 6.07 Å². The summed E-state index contributed by atoms with van der Waals surface area (Å²) >= 11 is 0. The minimum atomic E-state index is -4.74. The number of nitrogens with two attached hydrogens (primary N) is 1. The molecule has 3 rings (SSSR count). The fraction of sp³-hybridized carbons (Fsp3) is 0.692. The number of hydroxylamine groups is 2. The zero-order valence-electron chi connectivity index (χ0n) is 13.5. The number of hydrogen-bond donors (Lipinski definition) is 3. The number of aromatic nitrogens is 1. The van der Waals surface area contributed by atoms with Crippen LogP contribution >= 0.6 is 0 Å². The van der Waals surface area contributed by atoms with Crippen LogP contribution in [-0.2, 0) is 21.1 Å². The molecule has 0 saturated carbocycles. The molecule has 2 fully saturated rings. The maximum Gasteiger partial charge on any atom is 0.418 e. The Morgan fingerprint density at radius 3 is 2.96 bits per heavy atom. The van der Waals surface area contributed by atoms with Gasteiger partial charge >= 0.3 is 16.4 Å². The molecule has 1 aromatic rings. The van der Waals surface area contributed by atoms with Crippen molar-refractivity contribution < 1.29 is 26.6 Å². The van der Waals surface area contributed by atoms with Gasteiger partial charge < -0.3 is 20.5 Å². The van der Waals surface area contributed by atoms with Gasteiger partial charge in [0.2, 0.25) is 0 Å². The van der Waals surface area contributed by atoms with E-state index in [1.807, 2.05) is 0 Å². The highest BCUT2D eigenvalue weighted by Crippen LogP contribution is 2.38. The molecule has 140 valence electrons. The zero-order valence-corrected chi connectivity index (χ0v) is 14.3. The molecular weight excluding hydrogens is 354 g/mol. The van der Waals surface area contributed by atoms with Gasteiger partial charge in [0.05, 0.1) is 12.1 Å². The first-order valence-corrected chi connectivity index (χ1v) is 9.38. The summed E-state index contributed by atoms with van der Waals surface area (Å²) in [5.41, 5.74) is 6.02. The Balaban J connectivity index is 1.65. The summed E-state index contributed by atoms with van der Waals surface area (Å²) in [5, 5.41) is 7.91. The molecule has 3 heterocycles. The lowest BCUT2D eigenvalue weighted by molar-refractivity contribution is -0.0317. The number of amides is 2. The molecule has 0 aromatic carbocycles. The number of nitrogens with one attached hydrogen (secondary N) is 1. The maximum absolute atomic E-state index is 12.4. The molecule has 2 unspecified atom stereocenters. The van der Waals surface area contributed by atoms with E-state index in [9.17, 15) is 13.2 Å². The van der Waals surface area contributed by atoms with Crippen LogP contribution in [0.4, 0.5) is 4.79 Å². The fourth-order valence-corrected chi connectivity index (χ4v) is 3.57. The maximum atomic E-state index is 12.4. The van der Waals surface area contributed by atoms with E-state index in [2.05, 4.69) is 14.8 Å². The van der Waals surface area contributed by atoms with Gasteiger partial charge in [0.15, 0.2) is 0 Å². The third kappa shape index (κ3) is 4.10. The largest absolute Gasteiger partial charge is 0.418 e. The summed E-state index contributed by atoms with van der Waals surface area (Å²) in [5.74, 6) is 0.694. The van der Waals surface area contributed by atoms with E-state index < -0.39 is 22.5 Å². The lowest BCUT2D eigenvalue weighted by Gasteiger charge is -2.28. The van der Waals surface area contributed by atoms with Gasteiger partial charge in [0.1, 0.15) is 11.5 Å². The van der Waals surface area contributed by atoms with Gasteiger partial charge in [0.25, 0.3) is 0 Å². The van der Waals surface area contributed by atoms with Crippen molar-refractivity contribution in [1.82, 2.24) is 20.4 Å². The average Bonchev–Trinajstić information content (AvgIpc) is 3.11. The van der Waals surface area contributed by atoms with Crippen LogP contribution < -0.4 is 11.1 Å². The van der Waals surface area contributed by atoms with Gasteiger partial charge in [-0.3, -0.25) is 4.55 Å². The number of carbonyl (C=O) groups excluding carboxylic acids is 1. The van der Waals surface area contributed by atoms with Gasteiger partial charge in [-0.2, -0.15) is 13.5 Å². The minimum Gasteiger partial charge on any atom is -0.361 e.